The van der Waals surface area contributed by atoms with E-state index in [9.17, 15) is 0 Å². The molecule has 1 saturated carbocycles. The molecule has 2 aliphatic carbocycles. The second kappa shape index (κ2) is 1.50. The Morgan fingerprint density at radius 2 is 2.44 bits per heavy atom. The molecule has 0 aliphatic heterocycles. The molecule has 48 valence electrons. The van der Waals surface area contributed by atoms with Crippen molar-refractivity contribution in [3.05, 3.63) is 23.8 Å². The van der Waals surface area contributed by atoms with Crippen molar-refractivity contribution >= 4 is 0 Å². The summed E-state index contributed by atoms with van der Waals surface area (Å²) in [6.07, 6.45) is 4.98. The van der Waals surface area contributed by atoms with Crippen LogP contribution in [0.2, 0.25) is 0 Å². The quantitative estimate of drug-likeness (QED) is 0.461. The van der Waals surface area contributed by atoms with Crippen molar-refractivity contribution in [3.63, 3.8) is 0 Å². The highest BCUT2D eigenvalue weighted by atomic mass is 14.4. The van der Waals surface area contributed by atoms with Gasteiger partial charge in [-0.15, -0.1) is 0 Å². The third-order valence-corrected chi connectivity index (χ3v) is 2.65. The molecule has 2 unspecified atom stereocenters. The van der Waals surface area contributed by atoms with Crippen LogP contribution in [0.5, 0.6) is 0 Å². The Balaban J connectivity index is 2.37. The summed E-state index contributed by atoms with van der Waals surface area (Å²) in [7, 11) is 0. The van der Waals surface area contributed by atoms with E-state index in [1.54, 1.807) is 5.57 Å². The summed E-state index contributed by atoms with van der Waals surface area (Å²) in [5.74, 6) is 1.69. The molecule has 0 N–H and O–H groups in total. The standard InChI is InChI=1S/C9H12/c1-6-3-9-5-8(6)4-7(9)2/h3,7-8H,1,4-5H2,2H3. The molecule has 0 saturated heterocycles. The highest BCUT2D eigenvalue weighted by Crippen LogP contribution is 2.45. The van der Waals surface area contributed by atoms with E-state index in [0.29, 0.717) is 0 Å². The zero-order chi connectivity index (χ0) is 6.43. The fourth-order valence-corrected chi connectivity index (χ4v) is 1.99. The Kier molecular flexibility index (Phi) is 0.879. The normalized spacial score (nSPS) is 39.7. The zero-order valence-electron chi connectivity index (χ0n) is 5.85. The number of hydrogen-bond donors (Lipinski definition) is 0. The predicted octanol–water partition coefficient (Wildman–Crippen LogP) is 2.53. The third kappa shape index (κ3) is 0.592. The highest BCUT2D eigenvalue weighted by Gasteiger charge is 2.32. The van der Waals surface area contributed by atoms with Gasteiger partial charge in [0.2, 0.25) is 0 Å². The van der Waals surface area contributed by atoms with Gasteiger partial charge in [0.15, 0.2) is 0 Å². The highest BCUT2D eigenvalue weighted by molar-refractivity contribution is 5.36. The van der Waals surface area contributed by atoms with E-state index in [2.05, 4.69) is 19.6 Å². The number of fused-ring (bicyclic) bond motifs is 2. The monoisotopic (exact) mass is 120 g/mol. The summed E-state index contributed by atoms with van der Waals surface area (Å²) in [5, 5.41) is 0. The molecule has 2 bridgehead atoms. The van der Waals surface area contributed by atoms with Crippen LogP contribution in [0.3, 0.4) is 0 Å². The van der Waals surface area contributed by atoms with Crippen LogP contribution >= 0.6 is 0 Å². The molecule has 0 heteroatoms. The fraction of sp³-hybridized carbons (Fsp3) is 0.556. The van der Waals surface area contributed by atoms with Gasteiger partial charge in [0.05, 0.1) is 0 Å². The van der Waals surface area contributed by atoms with Gasteiger partial charge in [-0.3, -0.25) is 0 Å². The second-order valence-corrected chi connectivity index (χ2v) is 3.33. The van der Waals surface area contributed by atoms with Crippen molar-refractivity contribution in [2.75, 3.05) is 0 Å². The first kappa shape index (κ1) is 5.28. The number of rotatable bonds is 0. The van der Waals surface area contributed by atoms with Gasteiger partial charge < -0.3 is 0 Å². The van der Waals surface area contributed by atoms with Crippen molar-refractivity contribution in [3.8, 4) is 0 Å². The lowest BCUT2D eigenvalue weighted by atomic mass is 9.95. The lowest BCUT2D eigenvalue weighted by Gasteiger charge is -2.10. The summed E-state index contributed by atoms with van der Waals surface area (Å²) in [6, 6.07) is 0. The first-order valence-corrected chi connectivity index (χ1v) is 3.66. The lowest BCUT2D eigenvalue weighted by molar-refractivity contribution is 0.586. The van der Waals surface area contributed by atoms with Crippen molar-refractivity contribution in [2.45, 2.75) is 19.8 Å². The molecule has 0 radical (unpaired) electrons. The van der Waals surface area contributed by atoms with Gasteiger partial charge in [0.1, 0.15) is 0 Å². The van der Waals surface area contributed by atoms with Gasteiger partial charge >= 0.3 is 0 Å². The van der Waals surface area contributed by atoms with Crippen LogP contribution in [0.4, 0.5) is 0 Å². The Morgan fingerprint density at radius 3 is 2.78 bits per heavy atom. The maximum Gasteiger partial charge on any atom is -0.0125 e. The molecular formula is C9H12. The van der Waals surface area contributed by atoms with E-state index in [0.717, 1.165) is 11.8 Å². The minimum absolute atomic E-state index is 0.829. The molecule has 2 rings (SSSR count). The van der Waals surface area contributed by atoms with Gasteiger partial charge in [-0.1, -0.05) is 30.7 Å². The third-order valence-electron chi connectivity index (χ3n) is 2.65. The molecule has 0 aromatic heterocycles. The minimum atomic E-state index is 0.829. The molecule has 0 amide bonds. The van der Waals surface area contributed by atoms with Gasteiger partial charge in [0, 0.05) is 0 Å². The predicted molar refractivity (Wildman–Crippen MR) is 39.1 cm³/mol. The summed E-state index contributed by atoms with van der Waals surface area (Å²) >= 11 is 0. The van der Waals surface area contributed by atoms with Crippen LogP contribution in [-0.2, 0) is 0 Å². The van der Waals surface area contributed by atoms with Gasteiger partial charge in [0.25, 0.3) is 0 Å². The van der Waals surface area contributed by atoms with Crippen LogP contribution < -0.4 is 0 Å². The largest absolute Gasteiger partial charge is 0.0955 e. The van der Waals surface area contributed by atoms with Crippen molar-refractivity contribution in [1.29, 1.82) is 0 Å². The van der Waals surface area contributed by atoms with Gasteiger partial charge in [-0.2, -0.15) is 0 Å². The molecular weight excluding hydrogens is 108 g/mol. The van der Waals surface area contributed by atoms with E-state index in [1.165, 1.54) is 18.4 Å². The Bertz CT molecular complexity index is 186. The summed E-state index contributed by atoms with van der Waals surface area (Å²) in [5.41, 5.74) is 3.02. The molecule has 0 heterocycles. The van der Waals surface area contributed by atoms with Gasteiger partial charge in [-0.25, -0.2) is 0 Å². The first-order chi connectivity index (χ1) is 4.27. The number of allylic oxidation sites excluding steroid dienone is 3. The molecule has 0 aromatic carbocycles. The lowest BCUT2D eigenvalue weighted by Crippen LogP contribution is -1.98. The molecule has 2 atom stereocenters. The molecule has 0 nitrogen and oxygen atoms in total. The summed E-state index contributed by atoms with van der Waals surface area (Å²) < 4.78 is 0. The first-order valence-electron chi connectivity index (χ1n) is 3.66. The zero-order valence-corrected chi connectivity index (χ0v) is 5.85. The molecule has 0 aromatic rings. The van der Waals surface area contributed by atoms with E-state index in [-0.39, 0.29) is 0 Å². The smallest absolute Gasteiger partial charge is 0.0125 e. The maximum atomic E-state index is 3.99. The minimum Gasteiger partial charge on any atom is -0.0955 e. The Morgan fingerprint density at radius 1 is 1.67 bits per heavy atom. The SMILES string of the molecule is C=C1C=C2CC1CC2C. The van der Waals surface area contributed by atoms with Crippen LogP contribution in [0.25, 0.3) is 0 Å². The maximum absolute atomic E-state index is 3.99. The van der Waals surface area contributed by atoms with Crippen LogP contribution in [0.15, 0.2) is 23.8 Å². The molecule has 1 fully saturated rings. The van der Waals surface area contributed by atoms with E-state index in [4.69, 9.17) is 0 Å². The van der Waals surface area contributed by atoms with Crippen LogP contribution in [0.1, 0.15) is 19.8 Å². The van der Waals surface area contributed by atoms with E-state index < -0.39 is 0 Å². The molecule has 2 aliphatic rings. The molecule has 0 spiro atoms. The average Bonchev–Trinajstić information content (AvgIpc) is 2.24. The van der Waals surface area contributed by atoms with Gasteiger partial charge in [-0.05, 0) is 24.7 Å². The summed E-state index contributed by atoms with van der Waals surface area (Å²) in [6.45, 7) is 6.31. The van der Waals surface area contributed by atoms with Crippen molar-refractivity contribution in [1.82, 2.24) is 0 Å². The van der Waals surface area contributed by atoms with Crippen LogP contribution in [-0.4, -0.2) is 0 Å². The van der Waals surface area contributed by atoms with E-state index >= 15 is 0 Å². The van der Waals surface area contributed by atoms with Crippen LogP contribution in [0, 0.1) is 11.8 Å². The van der Waals surface area contributed by atoms with E-state index in [1.807, 2.05) is 0 Å². The fourth-order valence-electron chi connectivity index (χ4n) is 1.99. The summed E-state index contributed by atoms with van der Waals surface area (Å²) in [4.78, 5) is 0. The van der Waals surface area contributed by atoms with Crippen molar-refractivity contribution in [2.24, 2.45) is 11.8 Å². The molecule has 9 heavy (non-hydrogen) atoms. The Labute approximate surface area is 56.3 Å². The second-order valence-electron chi connectivity index (χ2n) is 3.33. The Hall–Kier alpha value is -0.520. The topological polar surface area (TPSA) is 0 Å². The number of hydrogen-bond acceptors (Lipinski definition) is 0. The van der Waals surface area contributed by atoms with Crippen molar-refractivity contribution < 1.29 is 0 Å². The average molecular weight is 120 g/mol.